The van der Waals surface area contributed by atoms with Crippen molar-refractivity contribution in [3.8, 4) is 23.0 Å². The van der Waals surface area contributed by atoms with E-state index in [2.05, 4.69) is 5.32 Å². The van der Waals surface area contributed by atoms with E-state index in [-0.39, 0.29) is 64.2 Å². The van der Waals surface area contributed by atoms with Crippen LogP contribution in [-0.4, -0.2) is 111 Å². The standard InChI is InChI=1S/C41H56N2O13/c1-19-12-11-13-20(2)40(52)42-31-26(18-43(9)15-16-44)35(49)28-29(36(31)50)34(48)24(6)38-30(28)39(51)41(8,56-38)54-17-14-27(53-10)21(3)37(55-25(7)45)23(5)33(47)22(4)32(19)46/h11-14,17,19,21-23,27,32-33,37,44,46-50H,15-16,18H2,1-10H3,(H,42,52)/t19-,21+,22-,23-,27+,32-,33-,37-,41-/m0/s1. The number of methoxy groups -OCH3 is 1. The van der Waals surface area contributed by atoms with E-state index in [4.69, 9.17) is 18.9 Å². The van der Waals surface area contributed by atoms with Gasteiger partial charge in [-0.25, -0.2) is 0 Å². The number of fused-ring (bicyclic) bond motifs is 14. The second-order valence-electron chi connectivity index (χ2n) is 15.1. The Morgan fingerprint density at radius 1 is 0.964 bits per heavy atom. The highest BCUT2D eigenvalue weighted by molar-refractivity contribution is 6.22. The molecular formula is C41H56N2O13. The fourth-order valence-corrected chi connectivity index (χ4v) is 7.46. The predicted octanol–water partition coefficient (Wildman–Crippen LogP) is 4.18. The third-order valence-corrected chi connectivity index (χ3v) is 11.0. The number of nitrogens with one attached hydrogen (secondary N) is 1. The summed E-state index contributed by atoms with van der Waals surface area (Å²) in [7, 11) is 3.07. The van der Waals surface area contributed by atoms with Crippen molar-refractivity contribution in [3.05, 3.63) is 52.8 Å². The Morgan fingerprint density at radius 2 is 1.62 bits per heavy atom. The van der Waals surface area contributed by atoms with Gasteiger partial charge in [-0.15, -0.1) is 0 Å². The predicted molar refractivity (Wildman–Crippen MR) is 207 cm³/mol. The quantitative estimate of drug-likeness (QED) is 0.124. The molecule has 15 nitrogen and oxygen atoms in total. The van der Waals surface area contributed by atoms with Crippen molar-refractivity contribution in [1.82, 2.24) is 4.90 Å². The van der Waals surface area contributed by atoms with Crippen LogP contribution in [0.2, 0.25) is 0 Å². The Balaban J connectivity index is 1.97. The number of phenols is 3. The normalized spacial score (nSPS) is 29.0. The number of ketones is 1. The smallest absolute Gasteiger partial charge is 0.312 e. The van der Waals surface area contributed by atoms with Gasteiger partial charge in [0.05, 0.1) is 47.8 Å². The van der Waals surface area contributed by atoms with Crippen LogP contribution in [0.25, 0.3) is 10.8 Å². The maximum absolute atomic E-state index is 14.3. The minimum absolute atomic E-state index is 0.0115. The second-order valence-corrected chi connectivity index (χ2v) is 15.1. The lowest BCUT2D eigenvalue weighted by Gasteiger charge is -2.38. The summed E-state index contributed by atoms with van der Waals surface area (Å²) in [4.78, 5) is 41.8. The molecule has 308 valence electrons. The number of hydrogen-bond acceptors (Lipinski definition) is 14. The van der Waals surface area contributed by atoms with Crippen molar-refractivity contribution >= 4 is 34.1 Å². The summed E-state index contributed by atoms with van der Waals surface area (Å²) in [6.45, 7) is 12.2. The summed E-state index contributed by atoms with van der Waals surface area (Å²) in [6.07, 6.45) is 3.50. The number of nitrogens with zero attached hydrogens (tertiary/aromatic N) is 1. The van der Waals surface area contributed by atoms with Gasteiger partial charge in [0.1, 0.15) is 23.4 Å². The molecule has 0 fully saturated rings. The third-order valence-electron chi connectivity index (χ3n) is 11.0. The number of carbonyl (C=O) groups is 3. The van der Waals surface area contributed by atoms with Crippen LogP contribution in [-0.2, 0) is 30.3 Å². The molecule has 0 saturated carbocycles. The molecule has 0 radical (unpaired) electrons. The number of Topliss-reactive ketones (excluding diaryl/α,β-unsaturated/α-hetero) is 1. The molecule has 2 aromatic rings. The maximum atomic E-state index is 14.3. The SMILES string of the molecule is CO[C@@H]1C=CO[C@@]2(C)Oc3c(C)c(O)c4c(O)c(c(CN(C)CCO)c(O)c4c3C2=O)NC(=O)C(C)=CC=C[C@H](C)[C@H](O)[C@H](C)[C@H](O)[C@H](C)[C@@H](OC(C)=O)[C@@H]1C. The molecule has 15 heteroatoms. The molecule has 1 amide bonds. The summed E-state index contributed by atoms with van der Waals surface area (Å²) in [5.41, 5.74) is -0.211. The minimum Gasteiger partial charge on any atom is -0.507 e. The van der Waals surface area contributed by atoms with Crippen molar-refractivity contribution in [2.75, 3.05) is 32.6 Å². The number of ether oxygens (including phenoxy) is 4. The molecule has 3 aliphatic heterocycles. The highest BCUT2D eigenvalue weighted by Gasteiger charge is 2.50. The van der Waals surface area contributed by atoms with E-state index in [9.17, 15) is 45.0 Å². The lowest BCUT2D eigenvalue weighted by molar-refractivity contribution is -0.160. The molecule has 56 heavy (non-hydrogen) atoms. The number of allylic oxidation sites excluding steroid dienone is 2. The summed E-state index contributed by atoms with van der Waals surface area (Å²) in [6, 6.07) is 0. The fraction of sp³-hybridized carbons (Fsp3) is 0.537. The maximum Gasteiger partial charge on any atom is 0.312 e. The number of aliphatic hydroxyl groups excluding tert-OH is 3. The number of aliphatic hydroxyl groups is 3. The van der Waals surface area contributed by atoms with E-state index in [0.717, 1.165) is 0 Å². The molecule has 0 saturated heterocycles. The van der Waals surface area contributed by atoms with Gasteiger partial charge in [-0.1, -0.05) is 45.9 Å². The van der Waals surface area contributed by atoms with E-state index in [1.54, 1.807) is 51.8 Å². The number of esters is 1. The van der Waals surface area contributed by atoms with Crippen LogP contribution in [0.1, 0.15) is 70.0 Å². The van der Waals surface area contributed by atoms with E-state index < -0.39 is 88.8 Å². The highest BCUT2D eigenvalue weighted by atomic mass is 16.7. The monoisotopic (exact) mass is 784 g/mol. The third kappa shape index (κ3) is 8.51. The molecule has 0 aliphatic carbocycles. The zero-order chi connectivity index (χ0) is 42.0. The zero-order valence-electron chi connectivity index (χ0n) is 33.6. The van der Waals surface area contributed by atoms with Crippen LogP contribution >= 0.6 is 0 Å². The first-order valence-electron chi connectivity index (χ1n) is 18.6. The number of rotatable bonds is 6. The molecule has 2 aromatic carbocycles. The molecular weight excluding hydrogens is 728 g/mol. The summed E-state index contributed by atoms with van der Waals surface area (Å²) < 4.78 is 23.5. The number of hydrogen-bond donors (Lipinski definition) is 7. The van der Waals surface area contributed by atoms with Gasteiger partial charge in [0.25, 0.3) is 11.7 Å². The van der Waals surface area contributed by atoms with Gasteiger partial charge >= 0.3 is 11.8 Å². The van der Waals surface area contributed by atoms with Gasteiger partial charge < -0.3 is 54.9 Å². The Kier molecular flexibility index (Phi) is 13.9. The average Bonchev–Trinajstić information content (AvgIpc) is 3.41. The number of benzene rings is 2. The number of amides is 1. The first-order valence-corrected chi connectivity index (χ1v) is 18.6. The van der Waals surface area contributed by atoms with Crippen LogP contribution in [0.15, 0.2) is 36.1 Å². The second kappa shape index (κ2) is 17.6. The number of anilines is 1. The first kappa shape index (κ1) is 44.0. The van der Waals surface area contributed by atoms with E-state index in [1.807, 2.05) is 0 Å². The molecule has 5 bridgehead atoms. The Morgan fingerprint density at radius 3 is 2.23 bits per heavy atom. The molecule has 7 N–H and O–H groups in total. The largest absolute Gasteiger partial charge is 0.507 e. The van der Waals surface area contributed by atoms with Crippen molar-refractivity contribution in [2.24, 2.45) is 23.7 Å². The van der Waals surface area contributed by atoms with Crippen molar-refractivity contribution in [1.29, 1.82) is 0 Å². The molecule has 3 heterocycles. The number of phenolic OH excluding ortho intramolecular Hbond substituents is 3. The number of likely N-dealkylation sites (N-methyl/N-ethyl adjacent to an activating group) is 1. The molecule has 9 atom stereocenters. The van der Waals surface area contributed by atoms with Gasteiger partial charge in [0.2, 0.25) is 0 Å². The minimum atomic E-state index is -2.04. The molecule has 3 aliphatic rings. The first-order chi connectivity index (χ1) is 26.2. The number of aromatic hydroxyl groups is 3. The summed E-state index contributed by atoms with van der Waals surface area (Å²) >= 11 is 0. The van der Waals surface area contributed by atoms with E-state index in [1.165, 1.54) is 53.2 Å². The average molecular weight is 785 g/mol. The molecule has 0 spiro atoms. The lowest BCUT2D eigenvalue weighted by atomic mass is 9.78. The summed E-state index contributed by atoms with van der Waals surface area (Å²) in [5, 5.41) is 69.7. The molecule has 5 rings (SSSR count). The Bertz CT molecular complexity index is 1920. The zero-order valence-corrected chi connectivity index (χ0v) is 33.6. The van der Waals surface area contributed by atoms with Crippen molar-refractivity contribution < 1.29 is 64.0 Å². The van der Waals surface area contributed by atoms with Crippen LogP contribution in [0.3, 0.4) is 0 Å². The van der Waals surface area contributed by atoms with Crippen molar-refractivity contribution in [3.63, 3.8) is 0 Å². The molecule has 0 unspecified atom stereocenters. The van der Waals surface area contributed by atoms with Crippen molar-refractivity contribution in [2.45, 2.75) is 92.1 Å². The fourth-order valence-electron chi connectivity index (χ4n) is 7.46. The van der Waals surface area contributed by atoms with Gasteiger partial charge in [-0.3, -0.25) is 19.3 Å². The Hall–Kier alpha value is -4.67. The van der Waals surface area contributed by atoms with E-state index in [0.29, 0.717) is 0 Å². The van der Waals surface area contributed by atoms with Gasteiger partial charge in [0.15, 0.2) is 5.75 Å². The van der Waals surface area contributed by atoms with Gasteiger partial charge in [-0.2, -0.15) is 0 Å². The van der Waals surface area contributed by atoms with Crippen LogP contribution in [0, 0.1) is 30.6 Å². The van der Waals surface area contributed by atoms with Gasteiger partial charge in [-0.05, 0) is 27.0 Å². The highest BCUT2D eigenvalue weighted by Crippen LogP contribution is 2.55. The van der Waals surface area contributed by atoms with Crippen LogP contribution in [0.4, 0.5) is 5.69 Å². The van der Waals surface area contributed by atoms with Gasteiger partial charge in [0, 0.05) is 79.8 Å². The van der Waals surface area contributed by atoms with E-state index >= 15 is 0 Å². The summed E-state index contributed by atoms with van der Waals surface area (Å²) in [5.74, 6) is -8.34. The topological polar surface area (TPSA) is 225 Å². The molecule has 0 aromatic heterocycles. The lowest BCUT2D eigenvalue weighted by Crippen LogP contribution is -2.46. The van der Waals surface area contributed by atoms with Crippen LogP contribution in [0.5, 0.6) is 23.0 Å². The Labute approximate surface area is 326 Å². The number of carbonyl (C=O) groups excluding carboxylic acids is 3. The van der Waals surface area contributed by atoms with Crippen LogP contribution < -0.4 is 10.1 Å².